The van der Waals surface area contributed by atoms with Crippen LogP contribution in [0.15, 0.2) is 30.9 Å². The number of ether oxygens (including phenoxy) is 1. The minimum absolute atomic E-state index is 0.0406. The van der Waals surface area contributed by atoms with E-state index in [4.69, 9.17) is 21.4 Å². The maximum Gasteiger partial charge on any atom is 0.310 e. The number of likely N-dealkylation sites (tertiary alicyclic amines) is 1. The standard InChI is InChI=1S/C25H30BrClN2O6/c1-3-10-28(19-14(2)8-7-9-16(19)27)23(32)21-25-13-15(26)20(35-25)17(24(33)34)18(25)22(31)29(21)11-5-4-6-12-30/h3,7-9,15,17-18,20-21,30H,1,4-6,10-13H2,2H3,(H,33,34)/t15?,17-,18+,20-,21-,25+/m1/s1. The lowest BCUT2D eigenvalue weighted by Crippen LogP contribution is -2.57. The Hall–Kier alpha value is -1.94. The predicted molar refractivity (Wildman–Crippen MR) is 135 cm³/mol. The van der Waals surface area contributed by atoms with Gasteiger partial charge in [0, 0.05) is 24.5 Å². The van der Waals surface area contributed by atoms with Crippen molar-refractivity contribution in [1.29, 1.82) is 0 Å². The molecule has 2 amide bonds. The zero-order valence-electron chi connectivity index (χ0n) is 19.5. The first kappa shape index (κ1) is 26.1. The molecule has 4 rings (SSSR count). The summed E-state index contributed by atoms with van der Waals surface area (Å²) in [6.45, 7) is 6.12. The van der Waals surface area contributed by atoms with E-state index in [1.54, 1.807) is 18.2 Å². The highest BCUT2D eigenvalue weighted by atomic mass is 79.9. The highest BCUT2D eigenvalue weighted by Gasteiger charge is 2.76. The number of carbonyl (C=O) groups excluding carboxylic acids is 2. The lowest BCUT2D eigenvalue weighted by molar-refractivity contribution is -0.149. The third kappa shape index (κ3) is 4.20. The molecule has 1 aromatic rings. The van der Waals surface area contributed by atoms with Gasteiger partial charge in [-0.05, 0) is 44.2 Å². The Morgan fingerprint density at radius 3 is 2.74 bits per heavy atom. The van der Waals surface area contributed by atoms with Crippen molar-refractivity contribution in [3.05, 3.63) is 41.4 Å². The monoisotopic (exact) mass is 568 g/mol. The molecule has 0 radical (unpaired) electrons. The van der Waals surface area contributed by atoms with Crippen LogP contribution in [-0.2, 0) is 19.1 Å². The van der Waals surface area contributed by atoms with Crippen LogP contribution in [-0.4, -0.2) is 75.2 Å². The summed E-state index contributed by atoms with van der Waals surface area (Å²) < 4.78 is 6.32. The van der Waals surface area contributed by atoms with Gasteiger partial charge in [0.05, 0.1) is 28.6 Å². The number of alkyl halides is 1. The van der Waals surface area contributed by atoms with E-state index in [0.717, 1.165) is 5.56 Å². The predicted octanol–water partition coefficient (Wildman–Crippen LogP) is 3.16. The number of carbonyl (C=O) groups is 3. The minimum Gasteiger partial charge on any atom is -0.481 e. The fourth-order valence-electron chi connectivity index (χ4n) is 6.04. The van der Waals surface area contributed by atoms with Gasteiger partial charge in [-0.25, -0.2) is 0 Å². The van der Waals surface area contributed by atoms with Gasteiger partial charge in [-0.3, -0.25) is 14.4 Å². The van der Waals surface area contributed by atoms with Crippen LogP contribution in [0.2, 0.25) is 5.02 Å². The lowest BCUT2D eigenvalue weighted by atomic mass is 9.70. The molecule has 1 aromatic carbocycles. The van der Waals surface area contributed by atoms with Gasteiger partial charge >= 0.3 is 5.97 Å². The molecule has 6 atom stereocenters. The van der Waals surface area contributed by atoms with Crippen LogP contribution < -0.4 is 4.90 Å². The highest BCUT2D eigenvalue weighted by molar-refractivity contribution is 9.09. The Kier molecular flexibility index (Phi) is 7.62. The molecule has 3 fully saturated rings. The molecule has 3 aliphatic rings. The topological polar surface area (TPSA) is 107 Å². The van der Waals surface area contributed by atoms with Gasteiger partial charge in [0.1, 0.15) is 11.6 Å². The second kappa shape index (κ2) is 10.2. The molecule has 10 heteroatoms. The molecule has 0 saturated carbocycles. The summed E-state index contributed by atoms with van der Waals surface area (Å²) in [6, 6.07) is 4.35. The van der Waals surface area contributed by atoms with E-state index in [1.165, 1.54) is 9.80 Å². The van der Waals surface area contributed by atoms with E-state index >= 15 is 0 Å². The van der Waals surface area contributed by atoms with Crippen molar-refractivity contribution < 1.29 is 29.3 Å². The molecule has 0 aromatic heterocycles. The molecule has 8 nitrogen and oxygen atoms in total. The van der Waals surface area contributed by atoms with E-state index < -0.39 is 35.6 Å². The van der Waals surface area contributed by atoms with Crippen LogP contribution in [0, 0.1) is 18.8 Å². The first-order chi connectivity index (χ1) is 16.7. The Balaban J connectivity index is 1.79. The molecule has 1 unspecified atom stereocenters. The number of para-hydroxylation sites is 1. The number of aliphatic hydroxyl groups is 1. The number of nitrogens with zero attached hydrogens (tertiary/aromatic N) is 2. The summed E-state index contributed by atoms with van der Waals surface area (Å²) in [5.74, 6) is -3.81. The van der Waals surface area contributed by atoms with Gasteiger partial charge in [0.2, 0.25) is 5.91 Å². The Morgan fingerprint density at radius 2 is 2.11 bits per heavy atom. The van der Waals surface area contributed by atoms with Crippen molar-refractivity contribution in [2.24, 2.45) is 11.8 Å². The molecule has 2 bridgehead atoms. The minimum atomic E-state index is -1.25. The molecule has 190 valence electrons. The fraction of sp³-hybridized carbons (Fsp3) is 0.560. The number of hydrogen-bond acceptors (Lipinski definition) is 5. The van der Waals surface area contributed by atoms with Crippen molar-refractivity contribution in [3.8, 4) is 0 Å². The van der Waals surface area contributed by atoms with E-state index in [1.807, 2.05) is 13.0 Å². The summed E-state index contributed by atoms with van der Waals surface area (Å²) in [4.78, 5) is 43.0. The second-order valence-corrected chi connectivity index (χ2v) is 11.0. The van der Waals surface area contributed by atoms with Gasteiger partial charge in [-0.15, -0.1) is 6.58 Å². The Morgan fingerprint density at radius 1 is 1.37 bits per heavy atom. The summed E-state index contributed by atoms with van der Waals surface area (Å²) in [5, 5.41) is 19.5. The number of unbranched alkanes of at least 4 members (excludes halogenated alkanes) is 2. The zero-order chi connectivity index (χ0) is 25.5. The average molecular weight is 570 g/mol. The van der Waals surface area contributed by atoms with Crippen LogP contribution in [0.3, 0.4) is 0 Å². The number of fused-ring (bicyclic) bond motifs is 1. The van der Waals surface area contributed by atoms with Crippen LogP contribution in [0.25, 0.3) is 0 Å². The van der Waals surface area contributed by atoms with Crippen molar-refractivity contribution in [3.63, 3.8) is 0 Å². The van der Waals surface area contributed by atoms with E-state index in [9.17, 15) is 19.5 Å². The van der Waals surface area contributed by atoms with Crippen LogP contribution in [0.4, 0.5) is 5.69 Å². The van der Waals surface area contributed by atoms with E-state index in [-0.39, 0.29) is 36.3 Å². The molecule has 1 spiro atoms. The number of benzene rings is 1. The number of aliphatic carboxylic acids is 1. The molecular weight excluding hydrogens is 540 g/mol. The quantitative estimate of drug-likeness (QED) is 0.255. The van der Waals surface area contributed by atoms with Gasteiger partial charge < -0.3 is 24.7 Å². The molecule has 3 saturated heterocycles. The number of rotatable bonds is 10. The fourth-order valence-corrected chi connectivity index (χ4v) is 7.30. The third-order valence-corrected chi connectivity index (χ3v) is 8.55. The third-order valence-electron chi connectivity index (χ3n) is 7.40. The van der Waals surface area contributed by atoms with Crippen molar-refractivity contribution >= 4 is 51.0 Å². The molecular formula is C25H30BrClN2O6. The van der Waals surface area contributed by atoms with E-state index in [2.05, 4.69) is 22.5 Å². The van der Waals surface area contributed by atoms with Crippen molar-refractivity contribution in [1.82, 2.24) is 4.90 Å². The van der Waals surface area contributed by atoms with Gasteiger partial charge in [0.25, 0.3) is 5.91 Å². The molecule has 0 aliphatic carbocycles. The number of halogens is 2. The molecule has 35 heavy (non-hydrogen) atoms. The van der Waals surface area contributed by atoms with Crippen molar-refractivity contribution in [2.45, 2.75) is 55.2 Å². The highest BCUT2D eigenvalue weighted by Crippen LogP contribution is 2.60. The smallest absolute Gasteiger partial charge is 0.310 e. The first-order valence-corrected chi connectivity index (χ1v) is 13.1. The Labute approximate surface area is 218 Å². The number of amides is 2. The number of aliphatic hydroxyl groups excluding tert-OH is 1. The van der Waals surface area contributed by atoms with Gasteiger partial charge in [-0.2, -0.15) is 0 Å². The second-order valence-electron chi connectivity index (χ2n) is 9.46. The van der Waals surface area contributed by atoms with Crippen LogP contribution in [0.1, 0.15) is 31.2 Å². The number of anilines is 1. The number of aryl methyl sites for hydroxylation is 1. The van der Waals surface area contributed by atoms with Gasteiger partial charge in [-0.1, -0.05) is 45.7 Å². The molecule has 3 heterocycles. The number of carboxylic acids is 1. The summed E-state index contributed by atoms with van der Waals surface area (Å²) in [5.41, 5.74) is 0.0741. The van der Waals surface area contributed by atoms with E-state index in [0.29, 0.717) is 36.4 Å². The maximum absolute atomic E-state index is 14.3. The Bertz CT molecular complexity index is 1020. The molecule has 2 N–H and O–H groups in total. The average Bonchev–Trinajstić information content (AvgIpc) is 3.39. The largest absolute Gasteiger partial charge is 0.481 e. The maximum atomic E-state index is 14.3. The van der Waals surface area contributed by atoms with Crippen molar-refractivity contribution in [2.75, 3.05) is 24.6 Å². The number of carboxylic acid groups (broad SMARTS) is 1. The summed E-state index contributed by atoms with van der Waals surface area (Å²) >= 11 is 10.1. The lowest BCUT2D eigenvalue weighted by Gasteiger charge is -2.37. The van der Waals surface area contributed by atoms with Crippen LogP contribution in [0.5, 0.6) is 0 Å². The summed E-state index contributed by atoms with van der Waals surface area (Å²) in [7, 11) is 0. The van der Waals surface area contributed by atoms with Gasteiger partial charge in [0.15, 0.2) is 0 Å². The normalized spacial score (nSPS) is 31.0. The zero-order valence-corrected chi connectivity index (χ0v) is 21.9. The summed E-state index contributed by atoms with van der Waals surface area (Å²) in [6.07, 6.45) is 3.08. The molecule has 3 aliphatic heterocycles. The SMILES string of the molecule is C=CCN(C(=O)[C@H]1N(CCCCCO)C(=O)[C@@H]2[C@@H](C(=O)O)[C@@H]3O[C@@]21CC3Br)c1c(C)cccc1Cl. The first-order valence-electron chi connectivity index (χ1n) is 11.8. The van der Waals surface area contributed by atoms with Crippen LogP contribution >= 0.6 is 27.5 Å². The number of hydrogen-bond donors (Lipinski definition) is 2.